The van der Waals surface area contributed by atoms with Crippen LogP contribution in [0.15, 0.2) is 22.6 Å². The number of fused-ring (bicyclic) bond motifs is 1. The maximum atomic E-state index is 6.00. The van der Waals surface area contributed by atoms with Gasteiger partial charge in [0.2, 0.25) is 0 Å². The van der Waals surface area contributed by atoms with Gasteiger partial charge >= 0.3 is 0 Å². The molecular formula is C12H15ClN2O. The summed E-state index contributed by atoms with van der Waals surface area (Å²) in [4.78, 5) is 4.37. The van der Waals surface area contributed by atoms with E-state index in [-0.39, 0.29) is 5.54 Å². The molecule has 0 bridgehead atoms. The Balaban J connectivity index is 2.24. The molecule has 3 nitrogen and oxygen atoms in total. The summed E-state index contributed by atoms with van der Waals surface area (Å²) in [6, 6.07) is 5.55. The molecule has 1 aromatic carbocycles. The van der Waals surface area contributed by atoms with Crippen LogP contribution >= 0.6 is 11.6 Å². The Morgan fingerprint density at radius 3 is 2.81 bits per heavy atom. The van der Waals surface area contributed by atoms with Crippen molar-refractivity contribution in [1.82, 2.24) is 4.98 Å². The Bertz CT molecular complexity index is 499. The fourth-order valence-electron chi connectivity index (χ4n) is 1.50. The summed E-state index contributed by atoms with van der Waals surface area (Å²) >= 11 is 6.00. The van der Waals surface area contributed by atoms with Crippen molar-refractivity contribution in [2.45, 2.75) is 32.2 Å². The third kappa shape index (κ3) is 2.54. The summed E-state index contributed by atoms with van der Waals surface area (Å²) in [5, 5.41) is 0.600. The molecule has 0 saturated heterocycles. The Kier molecular flexibility index (Phi) is 2.91. The quantitative estimate of drug-likeness (QED) is 0.894. The molecule has 86 valence electrons. The molecule has 4 heteroatoms. The number of nitrogens with zero attached hydrogens (tertiary/aromatic N) is 1. The number of halogens is 1. The molecule has 0 saturated carbocycles. The van der Waals surface area contributed by atoms with Gasteiger partial charge in [-0.15, -0.1) is 0 Å². The molecule has 0 unspecified atom stereocenters. The van der Waals surface area contributed by atoms with Crippen molar-refractivity contribution in [3.63, 3.8) is 0 Å². The first-order valence-corrected chi connectivity index (χ1v) is 5.66. The first-order chi connectivity index (χ1) is 7.46. The molecule has 2 N–H and O–H groups in total. The zero-order chi connectivity index (χ0) is 11.8. The molecule has 0 spiro atoms. The van der Waals surface area contributed by atoms with E-state index in [1.165, 1.54) is 0 Å². The molecule has 1 heterocycles. The second-order valence-electron chi connectivity index (χ2n) is 4.68. The van der Waals surface area contributed by atoms with Crippen molar-refractivity contribution in [2.24, 2.45) is 5.73 Å². The second kappa shape index (κ2) is 4.07. The van der Waals surface area contributed by atoms with Crippen LogP contribution in [0.5, 0.6) is 0 Å². The number of oxazole rings is 1. The lowest BCUT2D eigenvalue weighted by molar-refractivity contribution is 0.435. The van der Waals surface area contributed by atoms with E-state index in [1.807, 2.05) is 26.0 Å². The van der Waals surface area contributed by atoms with Crippen LogP contribution < -0.4 is 5.73 Å². The maximum absolute atomic E-state index is 6.00. The van der Waals surface area contributed by atoms with Crippen LogP contribution in [0.1, 0.15) is 26.2 Å². The van der Waals surface area contributed by atoms with Gasteiger partial charge in [0.25, 0.3) is 0 Å². The van der Waals surface area contributed by atoms with Gasteiger partial charge in [-0.3, -0.25) is 0 Å². The van der Waals surface area contributed by atoms with Gasteiger partial charge < -0.3 is 10.2 Å². The fourth-order valence-corrected chi connectivity index (χ4v) is 1.71. The van der Waals surface area contributed by atoms with Gasteiger partial charge in [-0.05, 0) is 32.4 Å². The normalized spacial score (nSPS) is 12.2. The number of hydrogen-bond donors (Lipinski definition) is 1. The minimum absolute atomic E-state index is 0.204. The summed E-state index contributed by atoms with van der Waals surface area (Å²) in [6.45, 7) is 3.98. The molecule has 0 amide bonds. The van der Waals surface area contributed by atoms with E-state index in [0.717, 1.165) is 18.4 Å². The molecular weight excluding hydrogens is 224 g/mol. The van der Waals surface area contributed by atoms with Gasteiger partial charge in [0, 0.05) is 12.0 Å². The van der Waals surface area contributed by atoms with Gasteiger partial charge in [0.15, 0.2) is 11.5 Å². The summed E-state index contributed by atoms with van der Waals surface area (Å²) in [5.41, 5.74) is 7.17. The zero-order valence-electron chi connectivity index (χ0n) is 9.46. The van der Waals surface area contributed by atoms with E-state index < -0.39 is 0 Å². The first-order valence-electron chi connectivity index (χ1n) is 5.28. The van der Waals surface area contributed by atoms with Gasteiger partial charge in [0.1, 0.15) is 5.52 Å². The summed E-state index contributed by atoms with van der Waals surface area (Å²) < 4.78 is 5.60. The summed E-state index contributed by atoms with van der Waals surface area (Å²) in [6.07, 6.45) is 1.56. The van der Waals surface area contributed by atoms with E-state index in [2.05, 4.69) is 4.98 Å². The van der Waals surface area contributed by atoms with Gasteiger partial charge in [-0.2, -0.15) is 0 Å². The lowest BCUT2D eigenvalue weighted by Gasteiger charge is -2.16. The van der Waals surface area contributed by atoms with E-state index in [4.69, 9.17) is 21.8 Å². The number of aryl methyl sites for hydroxylation is 1. The van der Waals surface area contributed by atoms with E-state index in [0.29, 0.717) is 16.5 Å². The van der Waals surface area contributed by atoms with Crippen molar-refractivity contribution in [3.05, 3.63) is 29.1 Å². The highest BCUT2D eigenvalue weighted by molar-refractivity contribution is 6.34. The SMILES string of the molecule is CC(C)(N)CCc1nc2cccc(Cl)c2o1. The van der Waals surface area contributed by atoms with Crippen molar-refractivity contribution in [3.8, 4) is 0 Å². The first kappa shape index (κ1) is 11.4. The number of rotatable bonds is 3. The second-order valence-corrected chi connectivity index (χ2v) is 5.09. The average Bonchev–Trinajstić information content (AvgIpc) is 2.58. The number of hydrogen-bond acceptors (Lipinski definition) is 3. The molecule has 0 fully saturated rings. The Morgan fingerprint density at radius 1 is 1.44 bits per heavy atom. The Morgan fingerprint density at radius 2 is 2.19 bits per heavy atom. The molecule has 0 aliphatic rings. The third-order valence-corrected chi connectivity index (χ3v) is 2.69. The molecule has 2 aromatic rings. The topological polar surface area (TPSA) is 52.0 Å². The predicted octanol–water partition coefficient (Wildman–Crippen LogP) is 3.15. The molecule has 16 heavy (non-hydrogen) atoms. The highest BCUT2D eigenvalue weighted by Gasteiger charge is 2.14. The summed E-state index contributed by atoms with van der Waals surface area (Å²) in [5.74, 6) is 0.696. The lowest BCUT2D eigenvalue weighted by atomic mass is 10.0. The molecule has 0 atom stereocenters. The maximum Gasteiger partial charge on any atom is 0.195 e. The molecule has 0 radical (unpaired) electrons. The van der Waals surface area contributed by atoms with Crippen molar-refractivity contribution >= 4 is 22.7 Å². The minimum Gasteiger partial charge on any atom is -0.439 e. The van der Waals surface area contributed by atoms with Crippen LogP contribution in [0.2, 0.25) is 5.02 Å². The van der Waals surface area contributed by atoms with E-state index in [9.17, 15) is 0 Å². The van der Waals surface area contributed by atoms with Crippen molar-refractivity contribution < 1.29 is 4.42 Å². The van der Waals surface area contributed by atoms with Crippen LogP contribution in [0, 0.1) is 0 Å². The minimum atomic E-state index is -0.204. The Hall–Kier alpha value is -1.06. The van der Waals surface area contributed by atoms with Crippen LogP contribution in [-0.2, 0) is 6.42 Å². The Labute approximate surface area is 99.6 Å². The van der Waals surface area contributed by atoms with Gasteiger partial charge in [-0.25, -0.2) is 4.98 Å². The molecule has 0 aliphatic heterocycles. The van der Waals surface area contributed by atoms with Crippen LogP contribution in [0.4, 0.5) is 0 Å². The predicted molar refractivity (Wildman–Crippen MR) is 65.6 cm³/mol. The zero-order valence-corrected chi connectivity index (χ0v) is 10.2. The number of aromatic nitrogens is 1. The number of nitrogens with two attached hydrogens (primary N) is 1. The van der Waals surface area contributed by atoms with E-state index >= 15 is 0 Å². The van der Waals surface area contributed by atoms with Crippen molar-refractivity contribution in [1.29, 1.82) is 0 Å². The van der Waals surface area contributed by atoms with Gasteiger partial charge in [-0.1, -0.05) is 17.7 Å². The third-order valence-electron chi connectivity index (χ3n) is 2.39. The monoisotopic (exact) mass is 238 g/mol. The molecule has 0 aliphatic carbocycles. The summed E-state index contributed by atoms with van der Waals surface area (Å²) in [7, 11) is 0. The molecule has 2 rings (SSSR count). The van der Waals surface area contributed by atoms with Crippen LogP contribution in [0.25, 0.3) is 11.1 Å². The van der Waals surface area contributed by atoms with Crippen molar-refractivity contribution in [2.75, 3.05) is 0 Å². The standard InChI is InChI=1S/C12H15ClN2O/c1-12(2,14)7-6-10-15-9-5-3-4-8(13)11(9)16-10/h3-5H,6-7,14H2,1-2H3. The average molecular weight is 239 g/mol. The fraction of sp³-hybridized carbons (Fsp3) is 0.417. The van der Waals surface area contributed by atoms with Crippen LogP contribution in [0.3, 0.4) is 0 Å². The highest BCUT2D eigenvalue weighted by Crippen LogP contribution is 2.24. The van der Waals surface area contributed by atoms with Gasteiger partial charge in [0.05, 0.1) is 5.02 Å². The number of benzene rings is 1. The number of para-hydroxylation sites is 1. The molecule has 1 aromatic heterocycles. The lowest BCUT2D eigenvalue weighted by Crippen LogP contribution is -2.32. The smallest absolute Gasteiger partial charge is 0.195 e. The van der Waals surface area contributed by atoms with Crippen LogP contribution in [-0.4, -0.2) is 10.5 Å². The largest absolute Gasteiger partial charge is 0.439 e. The van der Waals surface area contributed by atoms with E-state index in [1.54, 1.807) is 6.07 Å². The highest BCUT2D eigenvalue weighted by atomic mass is 35.5.